The van der Waals surface area contributed by atoms with Crippen molar-refractivity contribution in [3.8, 4) is 0 Å². The van der Waals surface area contributed by atoms with Gasteiger partial charge < -0.3 is 15.5 Å². The van der Waals surface area contributed by atoms with Gasteiger partial charge in [-0.3, -0.25) is 9.69 Å². The summed E-state index contributed by atoms with van der Waals surface area (Å²) in [5.74, 6) is 0.142. The number of carbonyl (C=O) groups is 1. The van der Waals surface area contributed by atoms with E-state index in [4.69, 9.17) is 5.73 Å². The first-order chi connectivity index (χ1) is 11.1. The summed E-state index contributed by atoms with van der Waals surface area (Å²) in [7, 11) is 2.17. The zero-order valence-corrected chi connectivity index (χ0v) is 16.5. The molecule has 0 unspecified atom stereocenters. The van der Waals surface area contributed by atoms with Gasteiger partial charge in [0, 0.05) is 57.4 Å². The Labute approximate surface area is 163 Å². The van der Waals surface area contributed by atoms with Crippen molar-refractivity contribution in [2.24, 2.45) is 5.73 Å². The molecular formula is C18H30Cl2N4O. The van der Waals surface area contributed by atoms with Gasteiger partial charge in [-0.2, -0.15) is 0 Å². The van der Waals surface area contributed by atoms with Crippen LogP contribution in [0.2, 0.25) is 0 Å². The average molecular weight is 389 g/mol. The van der Waals surface area contributed by atoms with Gasteiger partial charge in [-0.25, -0.2) is 0 Å². The maximum atomic E-state index is 12.5. The molecule has 5 nitrogen and oxygen atoms in total. The standard InChI is InChI=1S/C18H28N4O.2ClH/c1-20-10-12-21(13-11-20)14-15-2-4-16(5-3-15)18(23)22-8-6-17(19)7-9-22;;/h2-5,17H,6-14,19H2,1H3;2*1H. The number of nitrogens with zero attached hydrogens (tertiary/aromatic N) is 3. The number of piperazine rings is 1. The molecule has 0 radical (unpaired) electrons. The summed E-state index contributed by atoms with van der Waals surface area (Å²) >= 11 is 0. The zero-order valence-electron chi connectivity index (χ0n) is 14.9. The Morgan fingerprint density at radius 2 is 1.56 bits per heavy atom. The summed E-state index contributed by atoms with van der Waals surface area (Å²) in [6, 6.07) is 8.40. The molecule has 1 amide bonds. The lowest BCUT2D eigenvalue weighted by molar-refractivity contribution is 0.0714. The maximum absolute atomic E-state index is 12.5. The van der Waals surface area contributed by atoms with Crippen molar-refractivity contribution in [2.75, 3.05) is 46.3 Å². The number of hydrogen-bond donors (Lipinski definition) is 1. The predicted octanol–water partition coefficient (Wildman–Crippen LogP) is 1.84. The van der Waals surface area contributed by atoms with Crippen LogP contribution in [0.1, 0.15) is 28.8 Å². The first kappa shape index (κ1) is 22.2. The summed E-state index contributed by atoms with van der Waals surface area (Å²) in [6.07, 6.45) is 1.82. The van der Waals surface area contributed by atoms with Crippen molar-refractivity contribution in [2.45, 2.75) is 25.4 Å². The smallest absolute Gasteiger partial charge is 0.253 e. The van der Waals surface area contributed by atoms with Crippen molar-refractivity contribution < 1.29 is 4.79 Å². The second-order valence-corrected chi connectivity index (χ2v) is 6.91. The van der Waals surface area contributed by atoms with Crippen LogP contribution in [0.4, 0.5) is 0 Å². The van der Waals surface area contributed by atoms with Gasteiger partial charge in [0.25, 0.3) is 5.91 Å². The van der Waals surface area contributed by atoms with Crippen LogP contribution in [-0.4, -0.2) is 73.0 Å². The van der Waals surface area contributed by atoms with Crippen LogP contribution in [0, 0.1) is 0 Å². The predicted molar refractivity (Wildman–Crippen MR) is 107 cm³/mol. The minimum atomic E-state index is 0. The second-order valence-electron chi connectivity index (χ2n) is 6.91. The minimum Gasteiger partial charge on any atom is -0.339 e. The van der Waals surface area contributed by atoms with Crippen LogP contribution in [0.25, 0.3) is 0 Å². The first-order valence-electron chi connectivity index (χ1n) is 8.66. The van der Waals surface area contributed by atoms with Crippen LogP contribution in [0.5, 0.6) is 0 Å². The highest BCUT2D eigenvalue weighted by Crippen LogP contribution is 2.15. The molecular weight excluding hydrogens is 359 g/mol. The quantitative estimate of drug-likeness (QED) is 0.857. The molecule has 2 fully saturated rings. The molecule has 0 aliphatic carbocycles. The number of halogens is 2. The highest BCUT2D eigenvalue weighted by molar-refractivity contribution is 5.94. The lowest BCUT2D eigenvalue weighted by Gasteiger charge is -2.32. The number of likely N-dealkylation sites (N-methyl/N-ethyl adjacent to an activating group) is 1. The fourth-order valence-corrected chi connectivity index (χ4v) is 3.30. The number of rotatable bonds is 3. The lowest BCUT2D eigenvalue weighted by atomic mass is 10.0. The van der Waals surface area contributed by atoms with Gasteiger partial charge in [-0.1, -0.05) is 12.1 Å². The molecule has 2 N–H and O–H groups in total. The summed E-state index contributed by atoms with van der Waals surface area (Å²) in [6.45, 7) is 7.03. The molecule has 0 spiro atoms. The molecule has 142 valence electrons. The molecule has 0 saturated carbocycles. The third kappa shape index (κ3) is 6.12. The molecule has 0 atom stereocenters. The topological polar surface area (TPSA) is 52.8 Å². The van der Waals surface area contributed by atoms with Gasteiger partial charge in [0.2, 0.25) is 0 Å². The third-order valence-corrected chi connectivity index (χ3v) is 5.03. The minimum absolute atomic E-state index is 0. The molecule has 0 aromatic heterocycles. The van der Waals surface area contributed by atoms with E-state index < -0.39 is 0 Å². The second kappa shape index (κ2) is 10.3. The molecule has 2 aliphatic rings. The van der Waals surface area contributed by atoms with Crippen LogP contribution >= 0.6 is 24.8 Å². The highest BCUT2D eigenvalue weighted by atomic mass is 35.5. The van der Waals surface area contributed by atoms with Crippen molar-refractivity contribution in [3.05, 3.63) is 35.4 Å². The van der Waals surface area contributed by atoms with Gasteiger partial charge in [-0.15, -0.1) is 24.8 Å². The number of nitrogens with two attached hydrogens (primary N) is 1. The summed E-state index contributed by atoms with van der Waals surface area (Å²) in [4.78, 5) is 19.3. The van der Waals surface area contributed by atoms with Gasteiger partial charge in [0.05, 0.1) is 0 Å². The Bertz CT molecular complexity index is 524. The summed E-state index contributed by atoms with van der Waals surface area (Å²) < 4.78 is 0. The number of likely N-dealkylation sites (tertiary alicyclic amines) is 1. The van der Waals surface area contributed by atoms with Crippen molar-refractivity contribution in [3.63, 3.8) is 0 Å². The molecule has 0 bridgehead atoms. The first-order valence-corrected chi connectivity index (χ1v) is 8.66. The Kier molecular flexibility index (Phi) is 9.17. The van der Waals surface area contributed by atoms with Gasteiger partial charge in [0.1, 0.15) is 0 Å². The van der Waals surface area contributed by atoms with E-state index in [0.29, 0.717) is 0 Å². The maximum Gasteiger partial charge on any atom is 0.253 e. The van der Waals surface area contributed by atoms with Crippen molar-refractivity contribution >= 4 is 30.7 Å². The van der Waals surface area contributed by atoms with Crippen LogP contribution in [0.15, 0.2) is 24.3 Å². The van der Waals surface area contributed by atoms with Gasteiger partial charge in [0.15, 0.2) is 0 Å². The third-order valence-electron chi connectivity index (χ3n) is 5.03. The van der Waals surface area contributed by atoms with Crippen LogP contribution < -0.4 is 5.73 Å². The van der Waals surface area contributed by atoms with E-state index in [9.17, 15) is 4.79 Å². The molecule has 1 aromatic rings. The number of hydrogen-bond acceptors (Lipinski definition) is 4. The Morgan fingerprint density at radius 3 is 2.12 bits per heavy atom. The molecule has 2 aliphatic heterocycles. The largest absolute Gasteiger partial charge is 0.339 e. The number of amides is 1. The monoisotopic (exact) mass is 388 g/mol. The van der Waals surface area contributed by atoms with Crippen LogP contribution in [-0.2, 0) is 6.54 Å². The summed E-state index contributed by atoms with van der Waals surface area (Å²) in [5.41, 5.74) is 7.99. The Morgan fingerprint density at radius 1 is 1.00 bits per heavy atom. The summed E-state index contributed by atoms with van der Waals surface area (Å²) in [5, 5.41) is 0. The van der Waals surface area contributed by atoms with Crippen molar-refractivity contribution in [1.29, 1.82) is 0 Å². The van der Waals surface area contributed by atoms with E-state index in [0.717, 1.165) is 64.2 Å². The Hall–Kier alpha value is -0.850. The number of benzene rings is 1. The van der Waals surface area contributed by atoms with E-state index in [1.807, 2.05) is 17.0 Å². The zero-order chi connectivity index (χ0) is 16.2. The molecule has 3 rings (SSSR count). The van der Waals surface area contributed by atoms with E-state index in [-0.39, 0.29) is 36.8 Å². The number of carbonyl (C=O) groups excluding carboxylic acids is 1. The van der Waals surface area contributed by atoms with E-state index in [2.05, 4.69) is 29.0 Å². The fourth-order valence-electron chi connectivity index (χ4n) is 3.30. The molecule has 2 heterocycles. The molecule has 7 heteroatoms. The normalized spacial score (nSPS) is 19.8. The van der Waals surface area contributed by atoms with Gasteiger partial charge in [-0.05, 0) is 37.6 Å². The van der Waals surface area contributed by atoms with Crippen LogP contribution in [0.3, 0.4) is 0 Å². The van der Waals surface area contributed by atoms with E-state index in [1.165, 1.54) is 5.56 Å². The number of piperidine rings is 1. The highest BCUT2D eigenvalue weighted by Gasteiger charge is 2.21. The van der Waals surface area contributed by atoms with Crippen molar-refractivity contribution in [1.82, 2.24) is 14.7 Å². The van der Waals surface area contributed by atoms with E-state index >= 15 is 0 Å². The molecule has 2 saturated heterocycles. The van der Waals surface area contributed by atoms with Gasteiger partial charge >= 0.3 is 0 Å². The lowest BCUT2D eigenvalue weighted by Crippen LogP contribution is -2.43. The fraction of sp³-hybridized carbons (Fsp3) is 0.611. The van der Waals surface area contributed by atoms with E-state index in [1.54, 1.807) is 0 Å². The average Bonchev–Trinajstić information content (AvgIpc) is 2.58. The molecule has 1 aromatic carbocycles. The SMILES string of the molecule is CN1CCN(Cc2ccc(C(=O)N3CCC(N)CC3)cc2)CC1.Cl.Cl. The molecule has 25 heavy (non-hydrogen) atoms. The Balaban J connectivity index is 0.00000156.